The van der Waals surface area contributed by atoms with Crippen molar-refractivity contribution in [2.45, 2.75) is 13.3 Å². The van der Waals surface area contributed by atoms with Crippen molar-refractivity contribution in [3.05, 3.63) is 83.8 Å². The van der Waals surface area contributed by atoms with Crippen LogP contribution in [0.5, 0.6) is 5.75 Å². The van der Waals surface area contributed by atoms with E-state index in [-0.39, 0.29) is 35.0 Å². The Morgan fingerprint density at radius 1 is 1.37 bits per heavy atom. The van der Waals surface area contributed by atoms with Crippen LogP contribution in [-0.4, -0.2) is 59.1 Å². The average molecular weight is 541 g/mol. The summed E-state index contributed by atoms with van der Waals surface area (Å²) in [6.07, 6.45) is 7.53. The van der Waals surface area contributed by atoms with E-state index in [4.69, 9.17) is 9.47 Å². The van der Waals surface area contributed by atoms with Gasteiger partial charge in [0.1, 0.15) is 11.6 Å². The lowest BCUT2D eigenvalue weighted by Gasteiger charge is -2.33. The van der Waals surface area contributed by atoms with Gasteiger partial charge in [-0.15, -0.1) is 5.10 Å². The Balaban J connectivity index is 2.02. The number of nitrogens with zero attached hydrogens (tertiary/aromatic N) is 5. The zero-order valence-electron chi connectivity index (χ0n) is 21.4. The number of aliphatic imine (C=N–C) groups is 1. The Bertz CT molecular complexity index is 1310. The number of anilines is 2. The number of amides is 1. The van der Waals surface area contributed by atoms with Crippen LogP contribution < -0.4 is 14.4 Å². The lowest BCUT2D eigenvalue weighted by molar-refractivity contribution is -0.107. The van der Waals surface area contributed by atoms with Crippen molar-refractivity contribution < 1.29 is 22.9 Å². The molecule has 0 bridgehead atoms. The van der Waals surface area contributed by atoms with Crippen LogP contribution in [0.4, 0.5) is 15.9 Å². The summed E-state index contributed by atoms with van der Waals surface area (Å²) in [6, 6.07) is 6.01. The van der Waals surface area contributed by atoms with Gasteiger partial charge in [0.15, 0.2) is 17.0 Å². The molecule has 1 aromatic heterocycles. The molecule has 1 N–H and O–H groups in total. The Hall–Kier alpha value is -4.16. The van der Waals surface area contributed by atoms with Crippen LogP contribution in [-0.2, 0) is 20.7 Å². The number of rotatable bonds is 12. The van der Waals surface area contributed by atoms with E-state index in [1.54, 1.807) is 16.4 Å². The summed E-state index contributed by atoms with van der Waals surface area (Å²) in [5.41, 5.74) is 1.97. The molecule has 200 valence electrons. The standard InChI is InChI=1S/C26H29FN6O4S/c1-6-9-18-16-32(38(35)31-25-10-8-12-29-30-25)13-11-22(18)33(17-34)23-15-21(27)20(14-24(23)36-4)19(7-2)26(28-3)37-5/h6-10,12,14-15,17H,2-3,11,13,16H2,1,4-5H3,(H,30,31)/b9-6-,26-19-. The molecule has 1 atom stereocenters. The first-order chi connectivity index (χ1) is 18.4. The van der Waals surface area contributed by atoms with E-state index < -0.39 is 17.0 Å². The van der Waals surface area contributed by atoms with Gasteiger partial charge in [-0.3, -0.25) is 14.4 Å². The number of aromatic nitrogens is 2. The summed E-state index contributed by atoms with van der Waals surface area (Å²) < 4.78 is 43.6. The molecule has 1 aromatic carbocycles. The first-order valence-electron chi connectivity index (χ1n) is 11.5. The molecule has 0 spiro atoms. The summed E-state index contributed by atoms with van der Waals surface area (Å²) in [5, 5.41) is 7.68. The average Bonchev–Trinajstić information content (AvgIpc) is 2.94. The third kappa shape index (κ3) is 6.21. The third-order valence-corrected chi connectivity index (χ3v) is 6.83. The molecule has 0 saturated heterocycles. The van der Waals surface area contributed by atoms with Crippen molar-refractivity contribution >= 4 is 41.4 Å². The minimum Gasteiger partial charge on any atom is -0.495 e. The molecule has 1 amide bonds. The Morgan fingerprint density at radius 3 is 2.74 bits per heavy atom. The number of carbonyl (C=O) groups is 1. The summed E-state index contributed by atoms with van der Waals surface area (Å²) in [4.78, 5) is 17.5. The largest absolute Gasteiger partial charge is 0.495 e. The molecule has 2 aromatic rings. The number of benzene rings is 1. The fourth-order valence-electron chi connectivity index (χ4n) is 3.97. The second-order valence-electron chi connectivity index (χ2n) is 7.81. The number of ether oxygens (including phenoxy) is 2. The van der Waals surface area contributed by atoms with Gasteiger partial charge in [0, 0.05) is 48.6 Å². The van der Waals surface area contributed by atoms with Crippen molar-refractivity contribution in [2.24, 2.45) is 4.99 Å². The van der Waals surface area contributed by atoms with Gasteiger partial charge in [0.2, 0.25) is 12.3 Å². The van der Waals surface area contributed by atoms with Crippen molar-refractivity contribution in [3.8, 4) is 5.75 Å². The summed E-state index contributed by atoms with van der Waals surface area (Å²) in [7, 11) is 2.82. The highest BCUT2D eigenvalue weighted by Crippen LogP contribution is 2.38. The molecule has 10 nitrogen and oxygen atoms in total. The van der Waals surface area contributed by atoms with Gasteiger partial charge < -0.3 is 9.47 Å². The van der Waals surface area contributed by atoms with Crippen LogP contribution in [0.2, 0.25) is 0 Å². The van der Waals surface area contributed by atoms with E-state index in [0.717, 1.165) is 5.57 Å². The van der Waals surface area contributed by atoms with E-state index >= 15 is 4.39 Å². The highest BCUT2D eigenvalue weighted by atomic mass is 32.2. The van der Waals surface area contributed by atoms with Gasteiger partial charge in [0.25, 0.3) is 0 Å². The molecule has 1 aliphatic heterocycles. The third-order valence-electron chi connectivity index (χ3n) is 5.67. The molecule has 0 aliphatic carbocycles. The fraction of sp³-hybridized carbons (Fsp3) is 0.231. The monoisotopic (exact) mass is 540 g/mol. The van der Waals surface area contributed by atoms with E-state index in [2.05, 4.69) is 33.2 Å². The molecule has 12 heteroatoms. The zero-order chi connectivity index (χ0) is 27.7. The molecular formula is C26H29FN6O4S. The Kier molecular flexibility index (Phi) is 10.0. The smallest absolute Gasteiger partial charge is 0.220 e. The van der Waals surface area contributed by atoms with Crippen LogP contribution in [0.3, 0.4) is 0 Å². The van der Waals surface area contributed by atoms with E-state index in [1.807, 2.05) is 19.1 Å². The van der Waals surface area contributed by atoms with Gasteiger partial charge in [-0.25, -0.2) is 17.9 Å². The predicted octanol–water partition coefficient (Wildman–Crippen LogP) is 4.02. The molecule has 0 radical (unpaired) electrons. The number of nitrogens with one attached hydrogen (secondary N) is 1. The number of halogens is 1. The summed E-state index contributed by atoms with van der Waals surface area (Å²) in [6.45, 7) is 9.62. The molecular weight excluding hydrogens is 511 g/mol. The van der Waals surface area contributed by atoms with Crippen molar-refractivity contribution in [1.29, 1.82) is 0 Å². The molecule has 1 aliphatic rings. The second kappa shape index (κ2) is 13.4. The SMILES string of the molecule is C=C/C(=C(\N=C)OC)c1cc(OC)c(N(C=O)C2=C(/C=C\C)CN(S(=O)Nc3cccnn3)CC2)cc1F. The van der Waals surface area contributed by atoms with Gasteiger partial charge in [-0.2, -0.15) is 5.10 Å². The maximum absolute atomic E-state index is 15.4. The van der Waals surface area contributed by atoms with E-state index in [1.165, 1.54) is 43.5 Å². The normalized spacial score (nSPS) is 15.5. The first-order valence-corrected chi connectivity index (χ1v) is 12.6. The minimum absolute atomic E-state index is 0.0921. The van der Waals surface area contributed by atoms with Crippen molar-refractivity contribution in [1.82, 2.24) is 14.5 Å². The molecule has 3 rings (SSSR count). The number of hydrogen-bond acceptors (Lipinski definition) is 7. The Labute approximate surface area is 223 Å². The van der Waals surface area contributed by atoms with Crippen LogP contribution in [0.25, 0.3) is 5.57 Å². The zero-order valence-corrected chi connectivity index (χ0v) is 22.2. The van der Waals surface area contributed by atoms with E-state index in [9.17, 15) is 9.00 Å². The molecule has 0 fully saturated rings. The maximum Gasteiger partial charge on any atom is 0.220 e. The van der Waals surface area contributed by atoms with Crippen molar-refractivity contribution in [3.63, 3.8) is 0 Å². The number of methoxy groups -OCH3 is 2. The molecule has 38 heavy (non-hydrogen) atoms. The van der Waals surface area contributed by atoms with E-state index in [0.29, 0.717) is 30.9 Å². The van der Waals surface area contributed by atoms with Crippen molar-refractivity contribution in [2.75, 3.05) is 36.9 Å². The quantitative estimate of drug-likeness (QED) is 0.189. The molecule has 0 saturated carbocycles. The molecule has 1 unspecified atom stereocenters. The Morgan fingerprint density at radius 2 is 2.16 bits per heavy atom. The van der Waals surface area contributed by atoms with Gasteiger partial charge >= 0.3 is 0 Å². The number of carbonyl (C=O) groups excluding carboxylic acids is 1. The van der Waals surface area contributed by atoms with Crippen LogP contribution in [0, 0.1) is 5.82 Å². The summed E-state index contributed by atoms with van der Waals surface area (Å²) >= 11 is -1.60. The van der Waals surface area contributed by atoms with Gasteiger partial charge in [0.05, 0.1) is 19.9 Å². The lowest BCUT2D eigenvalue weighted by Crippen LogP contribution is -2.39. The minimum atomic E-state index is -1.60. The van der Waals surface area contributed by atoms with Gasteiger partial charge in [-0.1, -0.05) is 24.8 Å². The highest BCUT2D eigenvalue weighted by molar-refractivity contribution is 7.84. The number of hydrogen-bond donors (Lipinski definition) is 1. The number of allylic oxidation sites excluding steroid dienone is 3. The van der Waals surface area contributed by atoms with Gasteiger partial charge in [-0.05, 0) is 37.4 Å². The first kappa shape index (κ1) is 28.4. The second-order valence-corrected chi connectivity index (χ2v) is 9.03. The maximum atomic E-state index is 15.4. The van der Waals surface area contributed by atoms with Crippen LogP contribution >= 0.6 is 0 Å². The predicted molar refractivity (Wildman–Crippen MR) is 147 cm³/mol. The lowest BCUT2D eigenvalue weighted by atomic mass is 10.0. The summed E-state index contributed by atoms with van der Waals surface area (Å²) in [5.74, 6) is 0.0735. The molecule has 2 heterocycles. The van der Waals surface area contributed by atoms with Crippen LogP contribution in [0.15, 0.2) is 77.4 Å². The fourth-order valence-corrected chi connectivity index (χ4v) is 4.90. The highest BCUT2D eigenvalue weighted by Gasteiger charge is 2.28. The topological polar surface area (TPSA) is 109 Å². The van der Waals surface area contributed by atoms with Crippen LogP contribution in [0.1, 0.15) is 18.9 Å².